The van der Waals surface area contributed by atoms with Crippen molar-refractivity contribution in [3.05, 3.63) is 29.6 Å². The molecule has 134 valence electrons. The van der Waals surface area contributed by atoms with Crippen molar-refractivity contribution in [1.82, 2.24) is 29.4 Å². The Morgan fingerprint density at radius 3 is 2.80 bits per heavy atom. The van der Waals surface area contributed by atoms with Crippen LogP contribution in [0.1, 0.15) is 47.3 Å². The Morgan fingerprint density at radius 1 is 1.40 bits per heavy atom. The molecule has 3 heterocycles. The van der Waals surface area contributed by atoms with E-state index in [0.29, 0.717) is 11.7 Å². The highest BCUT2D eigenvalue weighted by Gasteiger charge is 2.50. The van der Waals surface area contributed by atoms with Crippen LogP contribution in [0.2, 0.25) is 0 Å². The summed E-state index contributed by atoms with van der Waals surface area (Å²) in [5.74, 6) is -2.45. The number of halogens is 2. The normalized spacial score (nSPS) is 22.6. The van der Waals surface area contributed by atoms with E-state index in [1.54, 1.807) is 24.1 Å². The molecule has 2 fully saturated rings. The number of carbonyl (C=O) groups is 1. The maximum Gasteiger partial charge on any atom is 0.275 e. The van der Waals surface area contributed by atoms with E-state index in [-0.39, 0.29) is 5.69 Å². The predicted molar refractivity (Wildman–Crippen MR) is 84.0 cm³/mol. The maximum absolute atomic E-state index is 14.1. The van der Waals surface area contributed by atoms with Gasteiger partial charge in [0.15, 0.2) is 11.5 Å². The smallest absolute Gasteiger partial charge is 0.275 e. The Balaban J connectivity index is 1.65. The summed E-state index contributed by atoms with van der Waals surface area (Å²) in [6.07, 6.45) is 3.40. The van der Waals surface area contributed by atoms with Gasteiger partial charge in [0.05, 0.1) is 12.6 Å². The van der Waals surface area contributed by atoms with E-state index < -0.39 is 30.8 Å². The lowest BCUT2D eigenvalue weighted by Gasteiger charge is -2.22. The molecule has 0 bridgehead atoms. The highest BCUT2D eigenvalue weighted by molar-refractivity contribution is 5.93. The zero-order valence-electron chi connectivity index (χ0n) is 14.2. The van der Waals surface area contributed by atoms with Crippen LogP contribution < -0.4 is 0 Å². The van der Waals surface area contributed by atoms with E-state index >= 15 is 0 Å². The molecular weight excluding hydrogens is 330 g/mol. The van der Waals surface area contributed by atoms with Crippen molar-refractivity contribution < 1.29 is 13.6 Å². The van der Waals surface area contributed by atoms with Crippen LogP contribution >= 0.6 is 0 Å². The SMILES string of the molecule is Cc1cc(C(=O)N2CC(F)(F)C[C@H]2c2nncn2CC2CC2)nn1C. The van der Waals surface area contributed by atoms with Crippen LogP contribution in [-0.4, -0.2) is 47.8 Å². The molecule has 1 saturated carbocycles. The first-order valence-electron chi connectivity index (χ1n) is 8.41. The second-order valence-corrected chi connectivity index (χ2v) is 7.09. The van der Waals surface area contributed by atoms with Gasteiger partial charge in [0, 0.05) is 25.7 Å². The highest BCUT2D eigenvalue weighted by atomic mass is 19.3. The number of aromatic nitrogens is 5. The minimum absolute atomic E-state index is 0.177. The third-order valence-corrected chi connectivity index (χ3v) is 4.96. The van der Waals surface area contributed by atoms with Crippen molar-refractivity contribution in [1.29, 1.82) is 0 Å². The van der Waals surface area contributed by atoms with Crippen LogP contribution in [0, 0.1) is 12.8 Å². The van der Waals surface area contributed by atoms with Gasteiger partial charge in [-0.05, 0) is 31.7 Å². The first-order chi connectivity index (χ1) is 11.8. The lowest BCUT2D eigenvalue weighted by Crippen LogP contribution is -2.34. The molecule has 25 heavy (non-hydrogen) atoms. The predicted octanol–water partition coefficient (Wildman–Crippen LogP) is 1.95. The van der Waals surface area contributed by atoms with Crippen LogP contribution in [0.15, 0.2) is 12.4 Å². The van der Waals surface area contributed by atoms with E-state index in [9.17, 15) is 13.6 Å². The molecule has 7 nitrogen and oxygen atoms in total. The fourth-order valence-electron chi connectivity index (χ4n) is 3.31. The van der Waals surface area contributed by atoms with Gasteiger partial charge in [-0.25, -0.2) is 8.78 Å². The van der Waals surface area contributed by atoms with Crippen molar-refractivity contribution in [2.24, 2.45) is 13.0 Å². The van der Waals surface area contributed by atoms with Crippen LogP contribution in [-0.2, 0) is 13.6 Å². The van der Waals surface area contributed by atoms with Crippen molar-refractivity contribution >= 4 is 5.91 Å². The molecule has 2 aromatic rings. The molecule has 1 aliphatic heterocycles. The van der Waals surface area contributed by atoms with Gasteiger partial charge in [-0.3, -0.25) is 9.48 Å². The van der Waals surface area contributed by atoms with Gasteiger partial charge in [0.25, 0.3) is 11.8 Å². The Morgan fingerprint density at radius 2 is 2.16 bits per heavy atom. The van der Waals surface area contributed by atoms with Crippen LogP contribution in [0.5, 0.6) is 0 Å². The average molecular weight is 350 g/mol. The largest absolute Gasteiger partial charge is 0.321 e. The van der Waals surface area contributed by atoms with Crippen molar-refractivity contribution in [2.45, 2.75) is 44.7 Å². The second-order valence-electron chi connectivity index (χ2n) is 7.09. The molecule has 0 radical (unpaired) electrons. The molecular formula is C16H20F2N6O. The summed E-state index contributed by atoms with van der Waals surface area (Å²) in [5, 5.41) is 12.1. The number of aryl methyl sites for hydroxylation is 2. The van der Waals surface area contributed by atoms with E-state index in [4.69, 9.17) is 0 Å². The molecule has 0 unspecified atom stereocenters. The molecule has 1 saturated heterocycles. The summed E-state index contributed by atoms with van der Waals surface area (Å²) < 4.78 is 31.6. The quantitative estimate of drug-likeness (QED) is 0.845. The highest BCUT2D eigenvalue weighted by Crippen LogP contribution is 2.41. The summed E-state index contributed by atoms with van der Waals surface area (Å²) >= 11 is 0. The summed E-state index contributed by atoms with van der Waals surface area (Å²) in [6.45, 7) is 1.91. The number of carbonyl (C=O) groups excluding carboxylic acids is 1. The van der Waals surface area contributed by atoms with Crippen LogP contribution in [0.4, 0.5) is 8.78 Å². The Kier molecular flexibility index (Phi) is 3.62. The number of hydrogen-bond acceptors (Lipinski definition) is 4. The molecule has 0 aromatic carbocycles. The first-order valence-corrected chi connectivity index (χ1v) is 8.41. The van der Waals surface area contributed by atoms with Crippen molar-refractivity contribution in [3.8, 4) is 0 Å². The number of nitrogens with zero attached hydrogens (tertiary/aromatic N) is 6. The lowest BCUT2D eigenvalue weighted by molar-refractivity contribution is 0.0116. The summed E-state index contributed by atoms with van der Waals surface area (Å²) in [4.78, 5) is 14.0. The van der Waals surface area contributed by atoms with Gasteiger partial charge in [-0.2, -0.15) is 5.10 Å². The molecule has 4 rings (SSSR count). The standard InChI is InChI=1S/C16H20F2N6O/c1-10-5-12(21-22(10)2)15(25)24-8-16(17,18)6-13(24)14-20-19-9-23(14)7-11-3-4-11/h5,9,11,13H,3-4,6-8H2,1-2H3/t13-/m0/s1. The fourth-order valence-corrected chi connectivity index (χ4v) is 3.31. The van der Waals surface area contributed by atoms with E-state index in [0.717, 1.165) is 25.1 Å². The third kappa shape index (κ3) is 3.03. The van der Waals surface area contributed by atoms with E-state index in [1.165, 1.54) is 4.90 Å². The fraction of sp³-hybridized carbons (Fsp3) is 0.625. The molecule has 2 aliphatic rings. The second kappa shape index (κ2) is 5.60. The molecule has 1 aliphatic carbocycles. The number of hydrogen-bond donors (Lipinski definition) is 0. The Bertz CT molecular complexity index is 790. The zero-order valence-corrected chi connectivity index (χ0v) is 14.2. The third-order valence-electron chi connectivity index (χ3n) is 4.96. The number of amides is 1. The van der Waals surface area contributed by atoms with Gasteiger partial charge in [-0.15, -0.1) is 10.2 Å². The number of alkyl halides is 2. The van der Waals surface area contributed by atoms with Gasteiger partial charge < -0.3 is 9.47 Å². The van der Waals surface area contributed by atoms with Gasteiger partial charge in [0.1, 0.15) is 6.33 Å². The monoisotopic (exact) mass is 350 g/mol. The molecule has 0 spiro atoms. The molecule has 0 N–H and O–H groups in total. The number of rotatable bonds is 4. The Hall–Kier alpha value is -2.32. The Labute approximate surface area is 143 Å². The van der Waals surface area contributed by atoms with E-state index in [1.807, 2.05) is 11.5 Å². The molecule has 9 heteroatoms. The van der Waals surface area contributed by atoms with Crippen molar-refractivity contribution in [2.75, 3.05) is 6.54 Å². The minimum atomic E-state index is -2.94. The van der Waals surface area contributed by atoms with Crippen LogP contribution in [0.3, 0.4) is 0 Å². The van der Waals surface area contributed by atoms with Gasteiger partial charge in [0.2, 0.25) is 0 Å². The summed E-state index contributed by atoms with van der Waals surface area (Å²) in [7, 11) is 1.72. The lowest BCUT2D eigenvalue weighted by atomic mass is 10.1. The molecule has 1 amide bonds. The van der Waals surface area contributed by atoms with Crippen LogP contribution in [0.25, 0.3) is 0 Å². The summed E-state index contributed by atoms with van der Waals surface area (Å²) in [5.41, 5.74) is 0.971. The average Bonchev–Trinajstić information content (AvgIpc) is 2.98. The van der Waals surface area contributed by atoms with Gasteiger partial charge >= 0.3 is 0 Å². The van der Waals surface area contributed by atoms with E-state index in [2.05, 4.69) is 15.3 Å². The molecule has 2 aromatic heterocycles. The number of likely N-dealkylation sites (tertiary alicyclic amines) is 1. The van der Waals surface area contributed by atoms with Gasteiger partial charge in [-0.1, -0.05) is 0 Å². The topological polar surface area (TPSA) is 68.8 Å². The first kappa shape index (κ1) is 16.2. The summed E-state index contributed by atoms with van der Waals surface area (Å²) in [6, 6.07) is 0.830. The van der Waals surface area contributed by atoms with Crippen molar-refractivity contribution in [3.63, 3.8) is 0 Å². The maximum atomic E-state index is 14.1. The minimum Gasteiger partial charge on any atom is -0.321 e. The zero-order chi connectivity index (χ0) is 17.8. The molecule has 1 atom stereocenters.